The van der Waals surface area contributed by atoms with Gasteiger partial charge in [-0.1, -0.05) is 0 Å². The molecular formula is C21H17BrN2O6S. The summed E-state index contributed by atoms with van der Waals surface area (Å²) in [5, 5.41) is 11.4. The molecule has 0 spiro atoms. The number of carbonyl (C=O) groups is 3. The van der Waals surface area contributed by atoms with Gasteiger partial charge in [0.05, 0.1) is 29.4 Å². The standard InChI is InChI=1S/C21H17BrN2O6S/c1-3-30-16-10-11(9-15(22)17(16)29-2)8-14-18(25)23-21(31)24(19(14)26)13-6-4-12(5-7-13)20(27)28/h4-10H,3H2,1-2H3,(H,27,28)(H,23,25,31)/b14-8+. The summed E-state index contributed by atoms with van der Waals surface area (Å²) in [5.41, 5.74) is 0.779. The Kier molecular flexibility index (Phi) is 6.71. The number of halogens is 1. The van der Waals surface area contributed by atoms with Gasteiger partial charge in [0.25, 0.3) is 11.8 Å². The van der Waals surface area contributed by atoms with Crippen LogP contribution in [0.25, 0.3) is 6.08 Å². The molecule has 10 heteroatoms. The lowest BCUT2D eigenvalue weighted by atomic mass is 10.1. The van der Waals surface area contributed by atoms with Gasteiger partial charge >= 0.3 is 5.97 Å². The van der Waals surface area contributed by atoms with E-state index in [-0.39, 0.29) is 16.2 Å². The first kappa shape index (κ1) is 22.4. The molecule has 8 nitrogen and oxygen atoms in total. The Morgan fingerprint density at radius 1 is 1.26 bits per heavy atom. The van der Waals surface area contributed by atoms with Crippen LogP contribution in [-0.2, 0) is 9.59 Å². The molecule has 0 bridgehead atoms. The van der Waals surface area contributed by atoms with Gasteiger partial charge in [0.2, 0.25) is 0 Å². The first-order valence-corrected chi connectivity index (χ1v) is 10.2. The van der Waals surface area contributed by atoms with E-state index < -0.39 is 17.8 Å². The number of thiocarbonyl (C=S) groups is 1. The van der Waals surface area contributed by atoms with Gasteiger partial charge in [-0.25, -0.2) is 4.79 Å². The van der Waals surface area contributed by atoms with Gasteiger partial charge in [0.15, 0.2) is 16.6 Å². The molecule has 1 heterocycles. The molecule has 31 heavy (non-hydrogen) atoms. The van der Waals surface area contributed by atoms with Crippen LogP contribution in [0.15, 0.2) is 46.4 Å². The molecule has 0 unspecified atom stereocenters. The predicted octanol–water partition coefficient (Wildman–Crippen LogP) is 3.39. The molecular weight excluding hydrogens is 488 g/mol. The second-order valence-corrected chi connectivity index (χ2v) is 7.52. The monoisotopic (exact) mass is 504 g/mol. The zero-order valence-corrected chi connectivity index (χ0v) is 18.9. The molecule has 0 atom stereocenters. The van der Waals surface area contributed by atoms with Crippen LogP contribution in [0.1, 0.15) is 22.8 Å². The summed E-state index contributed by atoms with van der Waals surface area (Å²) in [7, 11) is 1.51. The molecule has 160 valence electrons. The molecule has 0 saturated carbocycles. The maximum atomic E-state index is 13.1. The highest BCUT2D eigenvalue weighted by Gasteiger charge is 2.34. The highest BCUT2D eigenvalue weighted by Crippen LogP contribution is 2.37. The van der Waals surface area contributed by atoms with Gasteiger partial charge in [-0.3, -0.25) is 19.8 Å². The van der Waals surface area contributed by atoms with Gasteiger partial charge in [-0.2, -0.15) is 0 Å². The number of carbonyl (C=O) groups excluding carboxylic acids is 2. The van der Waals surface area contributed by atoms with Gasteiger partial charge < -0.3 is 14.6 Å². The number of methoxy groups -OCH3 is 1. The van der Waals surface area contributed by atoms with Crippen molar-refractivity contribution in [1.29, 1.82) is 0 Å². The third kappa shape index (κ3) is 4.59. The van der Waals surface area contributed by atoms with E-state index in [1.807, 2.05) is 6.92 Å². The van der Waals surface area contributed by atoms with Crippen LogP contribution in [0.3, 0.4) is 0 Å². The number of carboxylic acids is 1. The summed E-state index contributed by atoms with van der Waals surface area (Å²) >= 11 is 8.56. The van der Waals surface area contributed by atoms with Crippen molar-refractivity contribution < 1.29 is 29.0 Å². The van der Waals surface area contributed by atoms with Crippen LogP contribution >= 0.6 is 28.1 Å². The minimum Gasteiger partial charge on any atom is -0.492 e. The molecule has 0 radical (unpaired) electrons. The SMILES string of the molecule is CCOc1cc(/C=C2\C(=O)NC(=S)N(c3ccc(C(=O)O)cc3)C2=O)cc(Br)c1OC. The van der Waals surface area contributed by atoms with Crippen molar-refractivity contribution in [1.82, 2.24) is 5.32 Å². The van der Waals surface area contributed by atoms with Crippen LogP contribution in [0.4, 0.5) is 5.69 Å². The topological polar surface area (TPSA) is 105 Å². The minimum atomic E-state index is -1.09. The normalized spacial score (nSPS) is 15.1. The van der Waals surface area contributed by atoms with E-state index >= 15 is 0 Å². The number of rotatable bonds is 6. The van der Waals surface area contributed by atoms with Crippen molar-refractivity contribution in [3.8, 4) is 11.5 Å². The Bertz CT molecular complexity index is 1110. The number of aromatic carboxylic acids is 1. The van der Waals surface area contributed by atoms with E-state index in [0.717, 1.165) is 4.90 Å². The van der Waals surface area contributed by atoms with Gasteiger partial charge in [0, 0.05) is 0 Å². The molecule has 0 aliphatic carbocycles. The Morgan fingerprint density at radius 3 is 2.52 bits per heavy atom. The summed E-state index contributed by atoms with van der Waals surface area (Å²) in [6.07, 6.45) is 1.42. The molecule has 2 amide bonds. The van der Waals surface area contributed by atoms with Crippen molar-refractivity contribution in [2.24, 2.45) is 0 Å². The lowest BCUT2D eigenvalue weighted by Gasteiger charge is -2.29. The Hall–Kier alpha value is -3.24. The highest BCUT2D eigenvalue weighted by atomic mass is 79.9. The minimum absolute atomic E-state index is 0.0606. The van der Waals surface area contributed by atoms with Crippen LogP contribution < -0.4 is 19.7 Å². The van der Waals surface area contributed by atoms with Crippen molar-refractivity contribution in [2.75, 3.05) is 18.6 Å². The Balaban J connectivity index is 2.02. The van der Waals surface area contributed by atoms with Crippen molar-refractivity contribution in [3.05, 3.63) is 57.6 Å². The molecule has 2 aromatic rings. The number of amides is 2. The number of carboxylic acid groups (broad SMARTS) is 1. The molecule has 3 rings (SSSR count). The largest absolute Gasteiger partial charge is 0.492 e. The molecule has 1 fully saturated rings. The van der Waals surface area contributed by atoms with E-state index in [1.54, 1.807) is 12.1 Å². The quantitative estimate of drug-likeness (QED) is 0.352. The zero-order valence-electron chi connectivity index (χ0n) is 16.5. The third-order valence-corrected chi connectivity index (χ3v) is 5.19. The second-order valence-electron chi connectivity index (χ2n) is 6.28. The van der Waals surface area contributed by atoms with Gasteiger partial charge in [-0.05, 0) is 83.1 Å². The number of ether oxygens (including phenoxy) is 2. The van der Waals surface area contributed by atoms with Crippen molar-refractivity contribution in [3.63, 3.8) is 0 Å². The summed E-state index contributed by atoms with van der Waals surface area (Å²) in [4.78, 5) is 37.8. The third-order valence-electron chi connectivity index (χ3n) is 4.32. The van der Waals surface area contributed by atoms with Crippen LogP contribution in [0, 0.1) is 0 Å². The number of hydrogen-bond acceptors (Lipinski definition) is 6. The summed E-state index contributed by atoms with van der Waals surface area (Å²) < 4.78 is 11.5. The molecule has 0 aromatic heterocycles. The number of nitrogens with one attached hydrogen (secondary N) is 1. The van der Waals surface area contributed by atoms with E-state index in [4.69, 9.17) is 26.8 Å². The molecule has 1 saturated heterocycles. The van der Waals surface area contributed by atoms with Gasteiger partial charge in [-0.15, -0.1) is 0 Å². The molecule has 2 aromatic carbocycles. The first-order chi connectivity index (χ1) is 14.8. The van der Waals surface area contributed by atoms with Crippen LogP contribution in [-0.4, -0.2) is 41.7 Å². The van der Waals surface area contributed by atoms with Crippen molar-refractivity contribution in [2.45, 2.75) is 6.92 Å². The smallest absolute Gasteiger partial charge is 0.335 e. The van der Waals surface area contributed by atoms with E-state index in [2.05, 4.69) is 21.2 Å². The molecule has 2 N–H and O–H groups in total. The van der Waals surface area contributed by atoms with E-state index in [1.165, 1.54) is 37.5 Å². The summed E-state index contributed by atoms with van der Waals surface area (Å²) in [5.74, 6) is -1.43. The Labute approximate surface area is 191 Å². The fourth-order valence-corrected chi connectivity index (χ4v) is 3.85. The first-order valence-electron chi connectivity index (χ1n) is 9.02. The maximum absolute atomic E-state index is 13.1. The van der Waals surface area contributed by atoms with Crippen LogP contribution in [0.5, 0.6) is 11.5 Å². The number of hydrogen-bond donors (Lipinski definition) is 2. The lowest BCUT2D eigenvalue weighted by molar-refractivity contribution is -0.122. The number of nitrogens with zero attached hydrogens (tertiary/aromatic N) is 1. The second kappa shape index (κ2) is 9.27. The fraction of sp³-hybridized carbons (Fsp3) is 0.143. The number of anilines is 1. The van der Waals surface area contributed by atoms with Gasteiger partial charge in [0.1, 0.15) is 5.57 Å². The fourth-order valence-electron chi connectivity index (χ4n) is 2.94. The summed E-state index contributed by atoms with van der Waals surface area (Å²) in [6.45, 7) is 2.22. The lowest BCUT2D eigenvalue weighted by Crippen LogP contribution is -2.54. The zero-order chi connectivity index (χ0) is 22.7. The van der Waals surface area contributed by atoms with Crippen LogP contribution in [0.2, 0.25) is 0 Å². The van der Waals surface area contributed by atoms with Crippen molar-refractivity contribution >= 4 is 62.8 Å². The van der Waals surface area contributed by atoms with E-state index in [9.17, 15) is 14.4 Å². The number of benzene rings is 2. The maximum Gasteiger partial charge on any atom is 0.335 e. The molecule has 1 aliphatic heterocycles. The molecule has 1 aliphatic rings. The predicted molar refractivity (Wildman–Crippen MR) is 121 cm³/mol. The average molecular weight is 505 g/mol. The average Bonchev–Trinajstić information content (AvgIpc) is 2.71. The Morgan fingerprint density at radius 2 is 1.94 bits per heavy atom. The summed E-state index contributed by atoms with van der Waals surface area (Å²) in [6, 6.07) is 8.93. The van der Waals surface area contributed by atoms with E-state index in [0.29, 0.717) is 33.8 Å². The highest BCUT2D eigenvalue weighted by molar-refractivity contribution is 9.10.